The van der Waals surface area contributed by atoms with E-state index >= 15 is 0 Å². The number of ether oxygens (including phenoxy) is 2. The molecule has 3 heterocycles. The second-order valence-electron chi connectivity index (χ2n) is 8.15. The van der Waals surface area contributed by atoms with Crippen molar-refractivity contribution >= 4 is 5.84 Å². The predicted octanol–water partition coefficient (Wildman–Crippen LogP) is 3.11. The van der Waals surface area contributed by atoms with E-state index in [0.29, 0.717) is 12.5 Å². The summed E-state index contributed by atoms with van der Waals surface area (Å²) >= 11 is 0. The van der Waals surface area contributed by atoms with Gasteiger partial charge in [0.1, 0.15) is 5.70 Å². The number of nitrogens with zero attached hydrogens (tertiary/aromatic N) is 3. The average Bonchev–Trinajstić information content (AvgIpc) is 2.87. The van der Waals surface area contributed by atoms with Crippen molar-refractivity contribution in [2.75, 3.05) is 39.9 Å². The van der Waals surface area contributed by atoms with Crippen LogP contribution in [0.1, 0.15) is 64.7 Å². The molecule has 164 valence electrons. The number of fused-ring (bicyclic) bond motifs is 1. The molecule has 7 heteroatoms. The van der Waals surface area contributed by atoms with Gasteiger partial charge in [0.05, 0.1) is 6.61 Å². The molecule has 7 nitrogen and oxygen atoms in total. The molecule has 0 amide bonds. The number of hydrogen-bond acceptors (Lipinski definition) is 7. The van der Waals surface area contributed by atoms with Crippen molar-refractivity contribution in [1.82, 2.24) is 15.1 Å². The number of unbranched alkanes of at least 4 members (excludes halogenated alkanes) is 1. The van der Waals surface area contributed by atoms with Crippen LogP contribution in [0.25, 0.3) is 0 Å². The Hall–Kier alpha value is -1.73. The van der Waals surface area contributed by atoms with Gasteiger partial charge < -0.3 is 30.3 Å². The molecule has 0 aromatic rings. The third kappa shape index (κ3) is 6.12. The summed E-state index contributed by atoms with van der Waals surface area (Å²) in [5.41, 5.74) is 8.11. The Morgan fingerprint density at radius 3 is 2.69 bits per heavy atom. The van der Waals surface area contributed by atoms with Gasteiger partial charge in [0.25, 0.3) is 0 Å². The Labute approximate surface area is 176 Å². The zero-order chi connectivity index (χ0) is 20.5. The molecule has 3 rings (SSSR count). The first-order chi connectivity index (χ1) is 14.2. The number of aliphatic imine (C=N–C) groups is 1. The Morgan fingerprint density at radius 1 is 1.17 bits per heavy atom. The van der Waals surface area contributed by atoms with Gasteiger partial charge in [0.2, 0.25) is 12.2 Å². The first-order valence-electron chi connectivity index (χ1n) is 11.4. The summed E-state index contributed by atoms with van der Waals surface area (Å²) in [7, 11) is 1.73. The molecule has 0 radical (unpaired) electrons. The Bertz CT molecular complexity index is 608. The minimum Gasteiger partial charge on any atom is -0.478 e. The molecule has 1 unspecified atom stereocenters. The lowest BCUT2D eigenvalue weighted by molar-refractivity contribution is 0.00275. The quantitative estimate of drug-likeness (QED) is 0.574. The second kappa shape index (κ2) is 11.5. The molecule has 0 aromatic heterocycles. The first kappa shape index (κ1) is 22.0. The number of likely N-dealkylation sites (tertiary alicyclic amines) is 1. The van der Waals surface area contributed by atoms with Crippen LogP contribution in [0.5, 0.6) is 0 Å². The Morgan fingerprint density at radius 2 is 1.97 bits per heavy atom. The summed E-state index contributed by atoms with van der Waals surface area (Å²) in [6, 6.07) is 0. The maximum atomic E-state index is 6.37. The van der Waals surface area contributed by atoms with E-state index in [1.54, 1.807) is 7.11 Å². The van der Waals surface area contributed by atoms with E-state index in [1.165, 1.54) is 38.8 Å². The van der Waals surface area contributed by atoms with Crippen molar-refractivity contribution < 1.29 is 9.47 Å². The lowest BCUT2D eigenvalue weighted by Crippen LogP contribution is -2.40. The SMILES string of the molecule is CCCCOC1=CCCC(N)=C2NC(OC)N(CCCN3CCCCCC3)C2=N1. The monoisotopic (exact) mass is 405 g/mol. The van der Waals surface area contributed by atoms with Crippen molar-refractivity contribution in [1.29, 1.82) is 0 Å². The molecule has 3 N–H and O–H groups in total. The van der Waals surface area contributed by atoms with E-state index < -0.39 is 0 Å². The van der Waals surface area contributed by atoms with Crippen LogP contribution in [-0.4, -0.2) is 61.9 Å². The highest BCUT2D eigenvalue weighted by Crippen LogP contribution is 2.24. The zero-order valence-corrected chi connectivity index (χ0v) is 18.3. The van der Waals surface area contributed by atoms with E-state index in [-0.39, 0.29) is 6.35 Å². The van der Waals surface area contributed by atoms with Crippen LogP contribution in [-0.2, 0) is 9.47 Å². The highest BCUT2D eigenvalue weighted by atomic mass is 16.5. The van der Waals surface area contributed by atoms with Gasteiger partial charge >= 0.3 is 0 Å². The van der Waals surface area contributed by atoms with Crippen molar-refractivity contribution in [2.24, 2.45) is 10.7 Å². The van der Waals surface area contributed by atoms with E-state index in [2.05, 4.69) is 28.1 Å². The number of methoxy groups -OCH3 is 1. The minimum atomic E-state index is -0.235. The number of hydrogen-bond donors (Lipinski definition) is 2. The van der Waals surface area contributed by atoms with Gasteiger partial charge in [-0.3, -0.25) is 0 Å². The third-order valence-corrected chi connectivity index (χ3v) is 5.86. The lowest BCUT2D eigenvalue weighted by Gasteiger charge is -2.26. The third-order valence-electron chi connectivity index (χ3n) is 5.86. The molecule has 0 aromatic carbocycles. The highest BCUT2D eigenvalue weighted by molar-refractivity contribution is 6.01. The van der Waals surface area contributed by atoms with Crippen molar-refractivity contribution in [3.05, 3.63) is 23.4 Å². The second-order valence-corrected chi connectivity index (χ2v) is 8.15. The minimum absolute atomic E-state index is 0.235. The highest BCUT2D eigenvalue weighted by Gasteiger charge is 2.35. The molecule has 2 saturated heterocycles. The molecule has 3 aliphatic rings. The van der Waals surface area contributed by atoms with Crippen LogP contribution in [0.2, 0.25) is 0 Å². The maximum absolute atomic E-state index is 6.37. The van der Waals surface area contributed by atoms with Crippen molar-refractivity contribution in [3.63, 3.8) is 0 Å². The molecule has 1 atom stereocenters. The standard InChI is InChI=1S/C22H39N5O2/c1-3-4-17-29-19-12-9-11-18(23)20-21(24-19)27(22(25-20)28-2)16-10-15-26-13-7-5-6-8-14-26/h12,22,25H,3-11,13-17,23H2,1-2H3. The summed E-state index contributed by atoms with van der Waals surface area (Å²) in [6.45, 7) is 7.31. The fourth-order valence-electron chi connectivity index (χ4n) is 4.15. The van der Waals surface area contributed by atoms with E-state index in [9.17, 15) is 0 Å². The molecule has 0 aliphatic carbocycles. The van der Waals surface area contributed by atoms with Gasteiger partial charge in [-0.15, -0.1) is 0 Å². The largest absolute Gasteiger partial charge is 0.478 e. The summed E-state index contributed by atoms with van der Waals surface area (Å²) in [4.78, 5) is 9.66. The van der Waals surface area contributed by atoms with Gasteiger partial charge in [-0.25, -0.2) is 0 Å². The smallest absolute Gasteiger partial charge is 0.211 e. The van der Waals surface area contributed by atoms with Crippen LogP contribution < -0.4 is 11.1 Å². The summed E-state index contributed by atoms with van der Waals surface area (Å²) < 4.78 is 11.7. The maximum Gasteiger partial charge on any atom is 0.211 e. The van der Waals surface area contributed by atoms with Crippen LogP contribution in [0.3, 0.4) is 0 Å². The Balaban J connectivity index is 1.69. The molecule has 3 aliphatic heterocycles. The summed E-state index contributed by atoms with van der Waals surface area (Å²) in [6.07, 6.45) is 12.1. The number of nitrogens with one attached hydrogen (secondary N) is 1. The van der Waals surface area contributed by atoms with E-state index in [4.69, 9.17) is 20.2 Å². The lowest BCUT2D eigenvalue weighted by atomic mass is 10.1. The number of amidine groups is 1. The normalized spacial score (nSPS) is 23.5. The van der Waals surface area contributed by atoms with Crippen LogP contribution in [0.4, 0.5) is 0 Å². The first-order valence-corrected chi connectivity index (χ1v) is 11.4. The Kier molecular flexibility index (Phi) is 8.68. The van der Waals surface area contributed by atoms with Gasteiger partial charge in [-0.2, -0.15) is 4.99 Å². The van der Waals surface area contributed by atoms with Crippen LogP contribution in [0.15, 0.2) is 28.3 Å². The molecular formula is C22H39N5O2. The topological polar surface area (TPSA) is 75.4 Å². The van der Waals surface area contributed by atoms with Crippen molar-refractivity contribution in [2.45, 2.75) is 71.1 Å². The molecule has 2 fully saturated rings. The summed E-state index contributed by atoms with van der Waals surface area (Å²) in [5.74, 6) is 1.56. The molecule has 29 heavy (non-hydrogen) atoms. The number of allylic oxidation sites excluding steroid dienone is 2. The van der Waals surface area contributed by atoms with E-state index in [0.717, 1.165) is 62.4 Å². The molecule has 0 bridgehead atoms. The van der Waals surface area contributed by atoms with Gasteiger partial charge in [0.15, 0.2) is 5.84 Å². The molecule has 0 spiro atoms. The summed E-state index contributed by atoms with van der Waals surface area (Å²) in [5, 5.41) is 3.43. The van der Waals surface area contributed by atoms with Gasteiger partial charge in [-0.05, 0) is 64.2 Å². The molecule has 0 saturated carbocycles. The fourth-order valence-corrected chi connectivity index (χ4v) is 4.15. The van der Waals surface area contributed by atoms with Gasteiger partial charge in [-0.1, -0.05) is 26.2 Å². The van der Waals surface area contributed by atoms with Crippen molar-refractivity contribution in [3.8, 4) is 0 Å². The number of rotatable bonds is 9. The molecular weight excluding hydrogens is 366 g/mol. The zero-order valence-electron chi connectivity index (χ0n) is 18.3. The predicted molar refractivity (Wildman–Crippen MR) is 117 cm³/mol. The average molecular weight is 406 g/mol. The van der Waals surface area contributed by atoms with E-state index in [1.807, 2.05) is 0 Å². The number of nitrogens with two attached hydrogens (primary N) is 1. The fraction of sp³-hybridized carbons (Fsp3) is 0.773. The van der Waals surface area contributed by atoms with Crippen LogP contribution in [0, 0.1) is 0 Å². The van der Waals surface area contributed by atoms with Gasteiger partial charge in [0, 0.05) is 19.4 Å². The van der Waals surface area contributed by atoms with Crippen LogP contribution >= 0.6 is 0 Å².